The average Bonchev–Trinajstić information content (AvgIpc) is 2.58. The SMILES string of the molecule is C1=CCC(C2CCCN2)C=C1. The van der Waals surface area contributed by atoms with Crippen molar-refractivity contribution in [2.24, 2.45) is 5.92 Å². The summed E-state index contributed by atoms with van der Waals surface area (Å²) in [4.78, 5) is 0. The summed E-state index contributed by atoms with van der Waals surface area (Å²) in [7, 11) is 0. The number of hydrogen-bond acceptors (Lipinski definition) is 1. The third-order valence-corrected chi connectivity index (χ3v) is 2.63. The molecule has 0 aromatic rings. The average molecular weight is 149 g/mol. The second-order valence-electron chi connectivity index (χ2n) is 3.42. The normalized spacial score (nSPS) is 36.4. The van der Waals surface area contributed by atoms with Gasteiger partial charge in [-0.3, -0.25) is 0 Å². The maximum absolute atomic E-state index is 3.54. The van der Waals surface area contributed by atoms with Gasteiger partial charge in [0.25, 0.3) is 0 Å². The Morgan fingerprint density at radius 1 is 1.27 bits per heavy atom. The standard InChI is InChI=1S/C10H15N/c1-2-5-9(6-3-1)10-7-4-8-11-10/h1-3,5,9-11H,4,6-8H2. The first kappa shape index (κ1) is 7.11. The molecule has 0 aromatic carbocycles. The van der Waals surface area contributed by atoms with Crippen LogP contribution in [0.25, 0.3) is 0 Å². The Balaban J connectivity index is 1.94. The third kappa shape index (κ3) is 1.54. The molecule has 2 atom stereocenters. The molecule has 2 unspecified atom stereocenters. The Bertz CT molecular complexity index is 175. The van der Waals surface area contributed by atoms with E-state index in [1.807, 2.05) is 0 Å². The third-order valence-electron chi connectivity index (χ3n) is 2.63. The second kappa shape index (κ2) is 3.22. The largest absolute Gasteiger partial charge is 0.313 e. The monoisotopic (exact) mass is 149 g/mol. The van der Waals surface area contributed by atoms with Gasteiger partial charge in [0.05, 0.1) is 0 Å². The van der Waals surface area contributed by atoms with E-state index in [9.17, 15) is 0 Å². The van der Waals surface area contributed by atoms with Crippen molar-refractivity contribution in [3.8, 4) is 0 Å². The van der Waals surface area contributed by atoms with Crippen LogP contribution in [0.1, 0.15) is 19.3 Å². The van der Waals surface area contributed by atoms with Crippen LogP contribution in [0.15, 0.2) is 24.3 Å². The van der Waals surface area contributed by atoms with Crippen molar-refractivity contribution in [3.63, 3.8) is 0 Å². The topological polar surface area (TPSA) is 12.0 Å². The Labute approximate surface area is 68.2 Å². The van der Waals surface area contributed by atoms with Crippen LogP contribution in [-0.4, -0.2) is 12.6 Å². The van der Waals surface area contributed by atoms with E-state index in [-0.39, 0.29) is 0 Å². The van der Waals surface area contributed by atoms with Crippen LogP contribution >= 0.6 is 0 Å². The summed E-state index contributed by atoms with van der Waals surface area (Å²) in [5, 5.41) is 3.54. The Morgan fingerprint density at radius 3 is 2.91 bits per heavy atom. The maximum Gasteiger partial charge on any atom is 0.0133 e. The number of nitrogens with one attached hydrogen (secondary N) is 1. The number of allylic oxidation sites excluding steroid dienone is 3. The highest BCUT2D eigenvalue weighted by atomic mass is 14.9. The fourth-order valence-corrected chi connectivity index (χ4v) is 1.98. The van der Waals surface area contributed by atoms with Crippen molar-refractivity contribution in [3.05, 3.63) is 24.3 Å². The molecule has 0 radical (unpaired) electrons. The van der Waals surface area contributed by atoms with Crippen LogP contribution in [0.3, 0.4) is 0 Å². The number of hydrogen-bond donors (Lipinski definition) is 1. The van der Waals surface area contributed by atoms with Gasteiger partial charge in [0, 0.05) is 6.04 Å². The molecule has 0 saturated carbocycles. The first-order valence-electron chi connectivity index (χ1n) is 4.53. The van der Waals surface area contributed by atoms with Gasteiger partial charge < -0.3 is 5.32 Å². The summed E-state index contributed by atoms with van der Waals surface area (Å²) >= 11 is 0. The van der Waals surface area contributed by atoms with E-state index < -0.39 is 0 Å². The molecule has 60 valence electrons. The van der Waals surface area contributed by atoms with Crippen molar-refractivity contribution in [1.82, 2.24) is 5.32 Å². The molecule has 2 aliphatic rings. The van der Waals surface area contributed by atoms with E-state index in [1.165, 1.54) is 25.8 Å². The molecule has 1 aliphatic heterocycles. The highest BCUT2D eigenvalue weighted by Gasteiger charge is 2.21. The van der Waals surface area contributed by atoms with Gasteiger partial charge >= 0.3 is 0 Å². The van der Waals surface area contributed by atoms with Crippen LogP contribution in [0.2, 0.25) is 0 Å². The van der Waals surface area contributed by atoms with Gasteiger partial charge in [-0.2, -0.15) is 0 Å². The van der Waals surface area contributed by atoms with Gasteiger partial charge in [0.1, 0.15) is 0 Å². The Kier molecular flexibility index (Phi) is 2.08. The molecule has 1 fully saturated rings. The Hall–Kier alpha value is -0.560. The first-order chi connectivity index (χ1) is 5.47. The lowest BCUT2D eigenvalue weighted by Gasteiger charge is -2.20. The van der Waals surface area contributed by atoms with Crippen molar-refractivity contribution < 1.29 is 0 Å². The molecule has 1 nitrogen and oxygen atoms in total. The summed E-state index contributed by atoms with van der Waals surface area (Å²) in [5.41, 5.74) is 0. The van der Waals surface area contributed by atoms with E-state index in [0.29, 0.717) is 0 Å². The lowest BCUT2D eigenvalue weighted by Crippen LogP contribution is -2.29. The van der Waals surface area contributed by atoms with Gasteiger partial charge in [0.15, 0.2) is 0 Å². The molecule has 1 saturated heterocycles. The molecule has 0 amide bonds. The summed E-state index contributed by atoms with van der Waals surface area (Å²) in [6.45, 7) is 1.22. The summed E-state index contributed by atoms with van der Waals surface area (Å²) in [5.74, 6) is 0.766. The van der Waals surface area contributed by atoms with Crippen molar-refractivity contribution in [1.29, 1.82) is 0 Å². The van der Waals surface area contributed by atoms with Gasteiger partial charge in [0.2, 0.25) is 0 Å². The second-order valence-corrected chi connectivity index (χ2v) is 3.42. The highest BCUT2D eigenvalue weighted by molar-refractivity contribution is 5.13. The van der Waals surface area contributed by atoms with Gasteiger partial charge in [-0.05, 0) is 31.7 Å². The molecule has 11 heavy (non-hydrogen) atoms. The molecule has 1 N–H and O–H groups in total. The molecule has 0 bridgehead atoms. The molecule has 0 spiro atoms. The fraction of sp³-hybridized carbons (Fsp3) is 0.600. The van der Waals surface area contributed by atoms with E-state index in [2.05, 4.69) is 29.6 Å². The van der Waals surface area contributed by atoms with Crippen LogP contribution in [-0.2, 0) is 0 Å². The predicted molar refractivity (Wildman–Crippen MR) is 47.4 cm³/mol. The van der Waals surface area contributed by atoms with E-state index >= 15 is 0 Å². The zero-order valence-electron chi connectivity index (χ0n) is 6.79. The maximum atomic E-state index is 3.54. The minimum absolute atomic E-state index is 0.760. The van der Waals surface area contributed by atoms with Gasteiger partial charge in [-0.1, -0.05) is 24.3 Å². The van der Waals surface area contributed by atoms with E-state index in [4.69, 9.17) is 0 Å². The van der Waals surface area contributed by atoms with E-state index in [0.717, 1.165) is 12.0 Å². The predicted octanol–water partition coefficient (Wildman–Crippen LogP) is 1.87. The van der Waals surface area contributed by atoms with Crippen LogP contribution in [0, 0.1) is 5.92 Å². The van der Waals surface area contributed by atoms with Gasteiger partial charge in [-0.25, -0.2) is 0 Å². The molecular formula is C10H15N. The highest BCUT2D eigenvalue weighted by Crippen LogP contribution is 2.21. The zero-order chi connectivity index (χ0) is 7.52. The van der Waals surface area contributed by atoms with Crippen LogP contribution in [0.4, 0.5) is 0 Å². The van der Waals surface area contributed by atoms with Crippen molar-refractivity contribution in [2.45, 2.75) is 25.3 Å². The van der Waals surface area contributed by atoms with Crippen LogP contribution in [0.5, 0.6) is 0 Å². The first-order valence-corrected chi connectivity index (χ1v) is 4.53. The van der Waals surface area contributed by atoms with E-state index in [1.54, 1.807) is 0 Å². The van der Waals surface area contributed by atoms with Crippen LogP contribution < -0.4 is 5.32 Å². The summed E-state index contributed by atoms with van der Waals surface area (Å²) < 4.78 is 0. The lowest BCUT2D eigenvalue weighted by atomic mass is 9.92. The lowest BCUT2D eigenvalue weighted by molar-refractivity contribution is 0.461. The van der Waals surface area contributed by atoms with Crippen molar-refractivity contribution in [2.75, 3.05) is 6.54 Å². The Morgan fingerprint density at radius 2 is 2.27 bits per heavy atom. The quantitative estimate of drug-likeness (QED) is 0.600. The number of rotatable bonds is 1. The molecule has 1 heterocycles. The summed E-state index contributed by atoms with van der Waals surface area (Å²) in [6, 6.07) is 0.760. The van der Waals surface area contributed by atoms with Gasteiger partial charge in [-0.15, -0.1) is 0 Å². The smallest absolute Gasteiger partial charge is 0.0133 e. The zero-order valence-corrected chi connectivity index (χ0v) is 6.79. The molecular weight excluding hydrogens is 134 g/mol. The fourth-order valence-electron chi connectivity index (χ4n) is 1.98. The van der Waals surface area contributed by atoms with Crippen molar-refractivity contribution >= 4 is 0 Å². The molecule has 2 rings (SSSR count). The minimum atomic E-state index is 0.760. The molecule has 1 heteroatoms. The minimum Gasteiger partial charge on any atom is -0.313 e. The molecule has 0 aromatic heterocycles. The summed E-state index contributed by atoms with van der Waals surface area (Å²) in [6.07, 6.45) is 12.9. The molecule has 1 aliphatic carbocycles.